The number of oxazole rings is 2. The molecule has 2 heterocycles. The van der Waals surface area contributed by atoms with Gasteiger partial charge in [0.25, 0.3) is 0 Å². The van der Waals surface area contributed by atoms with Crippen molar-refractivity contribution in [3.8, 4) is 56.3 Å². The summed E-state index contributed by atoms with van der Waals surface area (Å²) in [5.41, 5.74) is 21.8. The van der Waals surface area contributed by atoms with E-state index in [-0.39, 0.29) is 0 Å². The Balaban J connectivity index is 0.928. The van der Waals surface area contributed by atoms with Gasteiger partial charge < -0.3 is 18.6 Å². The molecule has 6 heteroatoms. The molecule has 0 spiro atoms. The van der Waals surface area contributed by atoms with Gasteiger partial charge in [0.1, 0.15) is 11.0 Å². The third-order valence-corrected chi connectivity index (χ3v) is 15.8. The summed E-state index contributed by atoms with van der Waals surface area (Å²) in [5, 5.41) is 0. The Labute approximate surface area is 469 Å². The van der Waals surface area contributed by atoms with Crippen LogP contribution in [0.1, 0.15) is 22.3 Å². The summed E-state index contributed by atoms with van der Waals surface area (Å²) in [6, 6.07) is 108. The highest BCUT2D eigenvalue weighted by atomic mass is 16.4. The zero-order valence-electron chi connectivity index (χ0n) is 44.0. The van der Waals surface area contributed by atoms with Crippen LogP contribution < -0.4 is 9.80 Å². The average Bonchev–Trinajstić information content (AvgIpc) is 4.35. The van der Waals surface area contributed by atoms with Crippen molar-refractivity contribution in [3.05, 3.63) is 326 Å². The van der Waals surface area contributed by atoms with Gasteiger partial charge in [-0.15, -0.1) is 0 Å². The molecular weight excluding hydrogens is 989 g/mol. The zero-order chi connectivity index (χ0) is 53.7. The molecule has 12 aromatic carbocycles. The van der Waals surface area contributed by atoms with E-state index in [9.17, 15) is 0 Å². The largest absolute Gasteiger partial charge is 0.436 e. The molecule has 1 aliphatic rings. The maximum Gasteiger partial charge on any atom is 0.227 e. The van der Waals surface area contributed by atoms with E-state index in [1.54, 1.807) is 0 Å². The average molecular weight is 1040 g/mol. The monoisotopic (exact) mass is 1040 g/mol. The van der Waals surface area contributed by atoms with Gasteiger partial charge in [0, 0.05) is 45.3 Å². The fourth-order valence-corrected chi connectivity index (χ4v) is 12.1. The smallest absolute Gasteiger partial charge is 0.227 e. The van der Waals surface area contributed by atoms with Crippen molar-refractivity contribution in [1.29, 1.82) is 0 Å². The Morgan fingerprint density at radius 2 is 0.593 bits per heavy atom. The second-order valence-electron chi connectivity index (χ2n) is 20.5. The summed E-state index contributed by atoms with van der Waals surface area (Å²) >= 11 is 0. The van der Waals surface area contributed by atoms with Crippen LogP contribution in [-0.2, 0) is 5.41 Å². The molecule has 81 heavy (non-hydrogen) atoms. The second kappa shape index (κ2) is 19.9. The van der Waals surface area contributed by atoms with Gasteiger partial charge in [-0.2, -0.15) is 0 Å². The Bertz CT molecular complexity index is 4210. The first-order valence-electron chi connectivity index (χ1n) is 27.4. The molecule has 382 valence electrons. The first kappa shape index (κ1) is 47.4. The quantitative estimate of drug-likeness (QED) is 0.122. The molecule has 0 aliphatic heterocycles. The molecule has 15 rings (SSSR count). The molecule has 0 atom stereocenters. The highest BCUT2D eigenvalue weighted by Gasteiger charge is 2.47. The normalized spacial score (nSPS) is 12.3. The van der Waals surface area contributed by atoms with E-state index in [0.717, 1.165) is 89.7 Å². The van der Waals surface area contributed by atoms with Crippen molar-refractivity contribution in [2.75, 3.05) is 9.80 Å². The number of fused-ring (bicyclic) bond motifs is 5. The number of hydrogen-bond donors (Lipinski definition) is 0. The Morgan fingerprint density at radius 3 is 1.00 bits per heavy atom. The number of anilines is 6. The van der Waals surface area contributed by atoms with Crippen LogP contribution in [-0.4, -0.2) is 9.97 Å². The maximum absolute atomic E-state index is 6.39. The Kier molecular flexibility index (Phi) is 11.6. The lowest BCUT2D eigenvalue weighted by molar-refractivity contribution is 0.619. The minimum atomic E-state index is -0.759. The highest BCUT2D eigenvalue weighted by molar-refractivity contribution is 5.93. The van der Waals surface area contributed by atoms with Gasteiger partial charge in [-0.1, -0.05) is 194 Å². The number of benzene rings is 12. The van der Waals surface area contributed by atoms with Crippen molar-refractivity contribution in [1.82, 2.24) is 9.97 Å². The molecule has 0 amide bonds. The number of para-hydroxylation sites is 4. The predicted molar refractivity (Wildman–Crippen MR) is 330 cm³/mol. The van der Waals surface area contributed by atoms with Gasteiger partial charge in [0.2, 0.25) is 11.8 Å². The van der Waals surface area contributed by atoms with Crippen molar-refractivity contribution < 1.29 is 8.83 Å². The molecule has 0 saturated carbocycles. The van der Waals surface area contributed by atoms with Crippen molar-refractivity contribution in [3.63, 3.8) is 0 Å². The van der Waals surface area contributed by atoms with E-state index < -0.39 is 5.41 Å². The summed E-state index contributed by atoms with van der Waals surface area (Å²) in [4.78, 5) is 14.6. The van der Waals surface area contributed by atoms with Crippen LogP contribution in [0.5, 0.6) is 0 Å². The molecule has 0 saturated heterocycles. The number of hydrogen-bond acceptors (Lipinski definition) is 6. The van der Waals surface area contributed by atoms with Crippen LogP contribution >= 0.6 is 0 Å². The van der Waals surface area contributed by atoms with E-state index in [1.807, 2.05) is 48.5 Å². The number of rotatable bonds is 12. The van der Waals surface area contributed by atoms with E-state index >= 15 is 0 Å². The van der Waals surface area contributed by atoms with Crippen LogP contribution in [0.4, 0.5) is 34.1 Å². The lowest BCUT2D eigenvalue weighted by Gasteiger charge is -2.35. The van der Waals surface area contributed by atoms with Crippen molar-refractivity contribution in [2.24, 2.45) is 0 Å². The molecule has 2 aromatic heterocycles. The Morgan fingerprint density at radius 1 is 0.259 bits per heavy atom. The zero-order valence-corrected chi connectivity index (χ0v) is 44.0. The van der Waals surface area contributed by atoms with E-state index in [1.165, 1.54) is 33.4 Å². The first-order valence-corrected chi connectivity index (χ1v) is 27.4. The van der Waals surface area contributed by atoms with E-state index in [2.05, 4.69) is 265 Å². The predicted octanol–water partition coefficient (Wildman–Crippen LogP) is 19.9. The molecule has 0 fully saturated rings. The number of nitrogens with zero attached hydrogens (tertiary/aromatic N) is 4. The van der Waals surface area contributed by atoms with Gasteiger partial charge in [-0.05, 0) is 165 Å². The first-order chi connectivity index (χ1) is 40.1. The molecule has 0 unspecified atom stereocenters. The second-order valence-corrected chi connectivity index (χ2v) is 20.5. The summed E-state index contributed by atoms with van der Waals surface area (Å²) < 4.78 is 12.8. The summed E-state index contributed by atoms with van der Waals surface area (Å²) in [6.07, 6.45) is 0. The van der Waals surface area contributed by atoms with Crippen LogP contribution in [0, 0.1) is 0 Å². The molecule has 0 radical (unpaired) electrons. The van der Waals surface area contributed by atoms with Crippen molar-refractivity contribution >= 4 is 56.3 Å². The minimum absolute atomic E-state index is 0.573. The fraction of sp³-hybridized carbons (Fsp3) is 0.0133. The molecule has 1 aliphatic carbocycles. The van der Waals surface area contributed by atoms with E-state index in [0.29, 0.717) is 11.8 Å². The Hall–Kier alpha value is -10.8. The van der Waals surface area contributed by atoms with E-state index in [4.69, 9.17) is 18.8 Å². The lowest BCUT2D eigenvalue weighted by atomic mass is 9.67. The SMILES string of the molecule is c1ccc(-c2ccc(N(c3cccc(-c4nc5ccccc5o4)c3)c3ccc4c(c3)C(c3ccccc3)(c3ccccc3)c3cc(N(c5ccc(-c6ccccc6)cc5)c5cccc(-c6nc7ccccc7o6)c5)ccc3-4)cc2)cc1. The molecule has 6 nitrogen and oxygen atoms in total. The van der Waals surface area contributed by atoms with Gasteiger partial charge >= 0.3 is 0 Å². The van der Waals surface area contributed by atoms with Gasteiger partial charge in [-0.25, -0.2) is 9.97 Å². The van der Waals surface area contributed by atoms with Crippen LogP contribution in [0.25, 0.3) is 78.5 Å². The molecule has 0 bridgehead atoms. The summed E-state index contributed by atoms with van der Waals surface area (Å²) in [6.45, 7) is 0. The van der Waals surface area contributed by atoms with Gasteiger partial charge in [0.15, 0.2) is 11.2 Å². The van der Waals surface area contributed by atoms with Gasteiger partial charge in [-0.3, -0.25) is 0 Å². The third-order valence-electron chi connectivity index (χ3n) is 15.8. The fourth-order valence-electron chi connectivity index (χ4n) is 12.1. The van der Waals surface area contributed by atoms with Crippen LogP contribution in [0.2, 0.25) is 0 Å². The highest BCUT2D eigenvalue weighted by Crippen LogP contribution is 2.59. The number of aromatic nitrogens is 2. The summed E-state index contributed by atoms with van der Waals surface area (Å²) in [7, 11) is 0. The standard InChI is InChI=1S/C75H50N4O2/c1-5-19-51(20-6-1)53-35-39-59(40-36-53)78(61-29-17-23-55(47-61)73-76-69-31-13-15-33-71(69)80-73)63-43-45-65-66-46-44-64(50-68(66)75(67(65)49-63,57-25-9-3-10-26-57)58-27-11-4-12-28-58)79(60-41-37-54(38-42-60)52-21-7-2-8-22-52)62-30-18-24-56(48-62)74-77-70-32-14-16-34-72(70)81-74/h1-50H. The minimum Gasteiger partial charge on any atom is -0.436 e. The lowest BCUT2D eigenvalue weighted by Crippen LogP contribution is -2.29. The van der Waals surface area contributed by atoms with Gasteiger partial charge in [0.05, 0.1) is 5.41 Å². The summed E-state index contributed by atoms with van der Waals surface area (Å²) in [5.74, 6) is 1.15. The molecule has 14 aromatic rings. The van der Waals surface area contributed by atoms with Crippen LogP contribution in [0.3, 0.4) is 0 Å². The molecular formula is C75H50N4O2. The van der Waals surface area contributed by atoms with Crippen molar-refractivity contribution in [2.45, 2.75) is 5.41 Å². The third kappa shape index (κ3) is 8.37. The maximum atomic E-state index is 6.39. The topological polar surface area (TPSA) is 58.5 Å². The van der Waals surface area contributed by atoms with Crippen LogP contribution in [0.15, 0.2) is 312 Å². The molecule has 0 N–H and O–H groups in total.